The maximum Gasteiger partial charge on any atom is 0.490 e. The number of rotatable bonds is 3. The Balaban J connectivity index is 0.000000412. The van der Waals surface area contributed by atoms with Crippen LogP contribution in [0.5, 0.6) is 0 Å². The molecule has 0 saturated carbocycles. The number of thiazole rings is 1. The highest BCUT2D eigenvalue weighted by Crippen LogP contribution is 2.13. The van der Waals surface area contributed by atoms with Crippen LogP contribution in [0.2, 0.25) is 0 Å². The van der Waals surface area contributed by atoms with Crippen LogP contribution in [-0.2, 0) is 11.3 Å². The molecule has 4 N–H and O–H groups in total. The predicted octanol–water partition coefficient (Wildman–Crippen LogP) is 2.30. The molecule has 1 amide bonds. The van der Waals surface area contributed by atoms with E-state index in [1.54, 1.807) is 11.4 Å². The third-order valence-electron chi connectivity index (χ3n) is 2.53. The SMILES string of the molecule is N#Cc1cc(F)cc(C(=O)NCc2csc(N)n2)c1.O=C(O)C(F)(F)F. The molecule has 1 aromatic heterocycles. The van der Waals surface area contributed by atoms with E-state index < -0.39 is 23.9 Å². The molecule has 1 heterocycles. The second kappa shape index (κ2) is 8.77. The zero-order valence-corrected chi connectivity index (χ0v) is 13.5. The van der Waals surface area contributed by atoms with E-state index in [9.17, 15) is 22.4 Å². The highest BCUT2D eigenvalue weighted by molar-refractivity contribution is 7.13. The standard InChI is InChI=1S/C12H9FN4OS.C2HF3O2/c13-9-2-7(4-14)1-8(3-9)11(18)16-5-10-6-19-12(15)17-10;3-2(4,5)1(6)7/h1-3,6H,5H2,(H2,15,17)(H,16,18);(H,6,7). The number of carbonyl (C=O) groups is 2. The molecule has 0 spiro atoms. The number of alkyl halides is 3. The molecule has 26 heavy (non-hydrogen) atoms. The number of carbonyl (C=O) groups excluding carboxylic acids is 1. The Bertz CT molecular complexity index is 845. The van der Waals surface area contributed by atoms with Gasteiger partial charge in [0.2, 0.25) is 0 Å². The van der Waals surface area contributed by atoms with Crippen LogP contribution < -0.4 is 11.1 Å². The van der Waals surface area contributed by atoms with Gasteiger partial charge in [0, 0.05) is 10.9 Å². The van der Waals surface area contributed by atoms with Gasteiger partial charge in [-0.15, -0.1) is 11.3 Å². The molecule has 0 saturated heterocycles. The lowest BCUT2D eigenvalue weighted by molar-refractivity contribution is -0.192. The van der Waals surface area contributed by atoms with E-state index in [0.717, 1.165) is 12.1 Å². The molecule has 138 valence electrons. The first-order valence-electron chi connectivity index (χ1n) is 6.51. The summed E-state index contributed by atoms with van der Waals surface area (Å²) < 4.78 is 44.9. The molecule has 2 aromatic rings. The van der Waals surface area contributed by atoms with Crippen molar-refractivity contribution in [2.24, 2.45) is 0 Å². The lowest BCUT2D eigenvalue weighted by Gasteiger charge is -2.04. The number of nitrogens with two attached hydrogens (primary N) is 1. The fourth-order valence-corrected chi connectivity index (χ4v) is 2.02. The van der Waals surface area contributed by atoms with Crippen molar-refractivity contribution in [1.82, 2.24) is 10.3 Å². The third-order valence-corrected chi connectivity index (χ3v) is 3.25. The van der Waals surface area contributed by atoms with Gasteiger partial charge < -0.3 is 16.2 Å². The Morgan fingerprint density at radius 3 is 2.42 bits per heavy atom. The molecular weight excluding hydrogens is 380 g/mol. The first-order valence-corrected chi connectivity index (χ1v) is 7.39. The quantitative estimate of drug-likeness (QED) is 0.690. The van der Waals surface area contributed by atoms with Gasteiger partial charge >= 0.3 is 12.1 Å². The number of aromatic nitrogens is 1. The summed E-state index contributed by atoms with van der Waals surface area (Å²) in [5.41, 5.74) is 6.29. The smallest absolute Gasteiger partial charge is 0.475 e. The molecule has 0 aliphatic heterocycles. The number of nitrogens with zero attached hydrogens (tertiary/aromatic N) is 2. The molecule has 0 bridgehead atoms. The zero-order chi connectivity index (χ0) is 19.9. The number of amides is 1. The number of aliphatic carboxylic acids is 1. The first kappa shape index (κ1) is 20.8. The number of nitrogen functional groups attached to an aromatic ring is 1. The Morgan fingerprint density at radius 2 is 1.96 bits per heavy atom. The summed E-state index contributed by atoms with van der Waals surface area (Å²) in [5, 5.41) is 20.6. The van der Waals surface area contributed by atoms with Crippen LogP contribution in [0.25, 0.3) is 0 Å². The first-order chi connectivity index (χ1) is 12.0. The number of nitrogens with one attached hydrogen (secondary N) is 1. The molecule has 0 unspecified atom stereocenters. The Labute approximate surface area is 147 Å². The van der Waals surface area contributed by atoms with Crippen molar-refractivity contribution in [3.05, 3.63) is 46.2 Å². The highest BCUT2D eigenvalue weighted by atomic mass is 32.1. The number of hydrogen-bond donors (Lipinski definition) is 3. The van der Waals surface area contributed by atoms with Crippen LogP contribution in [0, 0.1) is 17.1 Å². The van der Waals surface area contributed by atoms with E-state index in [1.807, 2.05) is 0 Å². The molecule has 12 heteroatoms. The Hall–Kier alpha value is -3.20. The minimum Gasteiger partial charge on any atom is -0.475 e. The summed E-state index contributed by atoms with van der Waals surface area (Å²) in [4.78, 5) is 24.7. The summed E-state index contributed by atoms with van der Waals surface area (Å²) in [6, 6.07) is 5.26. The lowest BCUT2D eigenvalue weighted by Crippen LogP contribution is -2.23. The number of carboxylic acids is 1. The molecule has 0 aliphatic rings. The van der Waals surface area contributed by atoms with Gasteiger partial charge in [0.15, 0.2) is 5.13 Å². The Kier molecular flexibility index (Phi) is 7.03. The van der Waals surface area contributed by atoms with Gasteiger partial charge in [-0.05, 0) is 18.2 Å². The Morgan fingerprint density at radius 1 is 1.35 bits per heavy atom. The second-order valence-corrected chi connectivity index (χ2v) is 5.39. The summed E-state index contributed by atoms with van der Waals surface area (Å²) in [5.74, 6) is -3.85. The fraction of sp³-hybridized carbons (Fsp3) is 0.143. The normalized spacial score (nSPS) is 10.3. The zero-order valence-electron chi connectivity index (χ0n) is 12.7. The molecular formula is C14H10F4N4O3S. The number of nitriles is 1. The number of anilines is 1. The van der Waals surface area contributed by atoms with Gasteiger partial charge in [0.25, 0.3) is 5.91 Å². The van der Waals surface area contributed by atoms with Crippen LogP contribution >= 0.6 is 11.3 Å². The monoisotopic (exact) mass is 390 g/mol. The van der Waals surface area contributed by atoms with E-state index >= 15 is 0 Å². The average molecular weight is 390 g/mol. The van der Waals surface area contributed by atoms with Crippen molar-refractivity contribution < 1.29 is 32.3 Å². The minimum absolute atomic E-state index is 0.0970. The third kappa shape index (κ3) is 6.73. The summed E-state index contributed by atoms with van der Waals surface area (Å²) in [7, 11) is 0. The highest BCUT2D eigenvalue weighted by Gasteiger charge is 2.38. The van der Waals surface area contributed by atoms with Gasteiger partial charge in [-0.3, -0.25) is 4.79 Å². The number of halogens is 4. The van der Waals surface area contributed by atoms with Crippen molar-refractivity contribution in [3.8, 4) is 6.07 Å². The lowest BCUT2D eigenvalue weighted by atomic mass is 10.1. The van der Waals surface area contributed by atoms with Crippen molar-refractivity contribution in [2.45, 2.75) is 12.7 Å². The summed E-state index contributed by atoms with van der Waals surface area (Å²) >= 11 is 1.27. The second-order valence-electron chi connectivity index (χ2n) is 4.50. The van der Waals surface area contributed by atoms with Crippen molar-refractivity contribution in [1.29, 1.82) is 5.26 Å². The molecule has 7 nitrogen and oxygen atoms in total. The van der Waals surface area contributed by atoms with E-state index in [4.69, 9.17) is 20.9 Å². The molecule has 0 aliphatic carbocycles. The van der Waals surface area contributed by atoms with Crippen molar-refractivity contribution >= 4 is 28.3 Å². The van der Waals surface area contributed by atoms with Crippen LogP contribution in [-0.4, -0.2) is 28.1 Å². The van der Waals surface area contributed by atoms with Crippen LogP contribution in [0.15, 0.2) is 23.6 Å². The number of carboxylic acid groups (broad SMARTS) is 1. The van der Waals surface area contributed by atoms with Gasteiger partial charge in [0.1, 0.15) is 5.82 Å². The van der Waals surface area contributed by atoms with E-state index in [2.05, 4.69) is 10.3 Å². The van der Waals surface area contributed by atoms with Crippen molar-refractivity contribution in [3.63, 3.8) is 0 Å². The van der Waals surface area contributed by atoms with Crippen LogP contribution in [0.4, 0.5) is 22.7 Å². The van der Waals surface area contributed by atoms with Gasteiger partial charge in [-0.25, -0.2) is 14.2 Å². The van der Waals surface area contributed by atoms with Crippen molar-refractivity contribution in [2.75, 3.05) is 5.73 Å². The molecule has 2 rings (SSSR count). The van der Waals surface area contributed by atoms with Gasteiger partial charge in [0.05, 0.1) is 23.9 Å². The van der Waals surface area contributed by atoms with Crippen LogP contribution in [0.1, 0.15) is 21.6 Å². The largest absolute Gasteiger partial charge is 0.490 e. The molecule has 0 fully saturated rings. The predicted molar refractivity (Wildman–Crippen MR) is 82.5 cm³/mol. The van der Waals surface area contributed by atoms with E-state index in [1.165, 1.54) is 17.4 Å². The number of benzene rings is 1. The topological polar surface area (TPSA) is 129 Å². The maximum absolute atomic E-state index is 13.2. The number of hydrogen-bond acceptors (Lipinski definition) is 6. The molecule has 0 radical (unpaired) electrons. The van der Waals surface area contributed by atoms with Crippen LogP contribution in [0.3, 0.4) is 0 Å². The average Bonchev–Trinajstić information content (AvgIpc) is 2.97. The van der Waals surface area contributed by atoms with E-state index in [0.29, 0.717) is 10.8 Å². The van der Waals surface area contributed by atoms with Gasteiger partial charge in [-0.1, -0.05) is 0 Å². The minimum atomic E-state index is -5.08. The summed E-state index contributed by atoms with van der Waals surface area (Å²) in [6.07, 6.45) is -5.08. The molecule has 1 aromatic carbocycles. The summed E-state index contributed by atoms with van der Waals surface area (Å²) in [6.45, 7) is 0.199. The molecule has 0 atom stereocenters. The van der Waals surface area contributed by atoms with Gasteiger partial charge in [-0.2, -0.15) is 18.4 Å². The van der Waals surface area contributed by atoms with E-state index in [-0.39, 0.29) is 17.7 Å². The fourth-order valence-electron chi connectivity index (χ4n) is 1.46. The maximum atomic E-state index is 13.2.